The number of benzene rings is 3. The molecule has 0 amide bonds. The van der Waals surface area contributed by atoms with Gasteiger partial charge in [0.25, 0.3) is 0 Å². The minimum Gasteiger partial charge on any atom is -0.487 e. The number of halogens is 2. The van der Waals surface area contributed by atoms with E-state index in [1.165, 1.54) is 11.3 Å². The van der Waals surface area contributed by atoms with Crippen LogP contribution in [0.4, 0.5) is 8.78 Å². The molecule has 0 N–H and O–H groups in total. The minimum absolute atomic E-state index is 0.132. The van der Waals surface area contributed by atoms with Gasteiger partial charge in [0.2, 0.25) is 0 Å². The van der Waals surface area contributed by atoms with E-state index in [9.17, 15) is 4.39 Å². The van der Waals surface area contributed by atoms with Crippen LogP contribution in [-0.4, -0.2) is 6.10 Å². The highest BCUT2D eigenvalue weighted by Crippen LogP contribution is 2.42. The number of thiophene rings is 1. The van der Waals surface area contributed by atoms with Crippen LogP contribution in [0.25, 0.3) is 30.9 Å². The van der Waals surface area contributed by atoms with Gasteiger partial charge in [-0.25, -0.2) is 8.78 Å². The van der Waals surface area contributed by atoms with Crippen LogP contribution in [0.15, 0.2) is 36.4 Å². The quantitative estimate of drug-likeness (QED) is 0.377. The van der Waals surface area contributed by atoms with Crippen molar-refractivity contribution in [3.63, 3.8) is 0 Å². The summed E-state index contributed by atoms with van der Waals surface area (Å²) in [5.41, 5.74) is 1.13. The predicted molar refractivity (Wildman–Crippen MR) is 104 cm³/mol. The Balaban J connectivity index is 1.76. The van der Waals surface area contributed by atoms with Crippen LogP contribution >= 0.6 is 11.3 Å². The molecule has 0 spiro atoms. The van der Waals surface area contributed by atoms with Crippen molar-refractivity contribution in [2.75, 3.05) is 0 Å². The topological polar surface area (TPSA) is 9.23 Å². The van der Waals surface area contributed by atoms with Crippen molar-refractivity contribution < 1.29 is 13.5 Å². The third kappa shape index (κ3) is 2.47. The molecule has 1 aliphatic rings. The molecule has 3 aromatic carbocycles. The van der Waals surface area contributed by atoms with Gasteiger partial charge >= 0.3 is 0 Å². The smallest absolute Gasteiger partial charge is 0.182 e. The first-order valence-electron chi connectivity index (χ1n) is 9.08. The standard InChI is InChI=1S/C22H18F2OS/c1-2-3-12-4-5-13-11-17-15-8-9-18(25-14-6-7-14)20(24)21(15)26-22(17)19(23)16(13)10-12/h4-5,8-11,14H,2-3,6-7H2,1H3. The molecule has 0 radical (unpaired) electrons. The first-order chi connectivity index (χ1) is 12.7. The Labute approximate surface area is 154 Å². The number of ether oxygens (including phenoxy) is 1. The van der Waals surface area contributed by atoms with Crippen LogP contribution in [0.2, 0.25) is 0 Å². The second-order valence-corrected chi connectivity index (χ2v) is 8.07. The van der Waals surface area contributed by atoms with Gasteiger partial charge in [0.15, 0.2) is 11.6 Å². The van der Waals surface area contributed by atoms with E-state index in [4.69, 9.17) is 4.74 Å². The molecule has 0 aliphatic heterocycles. The van der Waals surface area contributed by atoms with Gasteiger partial charge in [0, 0.05) is 16.2 Å². The van der Waals surface area contributed by atoms with E-state index in [0.717, 1.165) is 47.4 Å². The Morgan fingerprint density at radius 3 is 2.54 bits per heavy atom. The van der Waals surface area contributed by atoms with Crippen molar-refractivity contribution in [3.8, 4) is 5.75 Å². The van der Waals surface area contributed by atoms with Gasteiger partial charge in [-0.1, -0.05) is 25.5 Å². The fourth-order valence-electron chi connectivity index (χ4n) is 3.53. The van der Waals surface area contributed by atoms with Gasteiger partial charge in [-0.2, -0.15) is 0 Å². The third-order valence-corrected chi connectivity index (χ3v) is 6.22. The van der Waals surface area contributed by atoms with Gasteiger partial charge in [0.05, 0.1) is 15.5 Å². The summed E-state index contributed by atoms with van der Waals surface area (Å²) in [7, 11) is 0. The van der Waals surface area contributed by atoms with Crippen molar-refractivity contribution in [2.45, 2.75) is 38.7 Å². The number of rotatable bonds is 4. The fraction of sp³-hybridized carbons (Fsp3) is 0.273. The normalized spacial score (nSPS) is 14.6. The number of fused-ring (bicyclic) bond motifs is 4. The van der Waals surface area contributed by atoms with Crippen molar-refractivity contribution in [2.24, 2.45) is 0 Å². The highest BCUT2D eigenvalue weighted by Gasteiger charge is 2.26. The van der Waals surface area contributed by atoms with Crippen molar-refractivity contribution in [1.82, 2.24) is 0 Å². The van der Waals surface area contributed by atoms with Gasteiger partial charge in [0.1, 0.15) is 5.82 Å². The molecule has 1 nitrogen and oxygen atoms in total. The molecule has 1 aromatic heterocycles. The SMILES string of the molecule is CCCc1ccc2cc3c(sc4c(F)c(OC5CC5)ccc43)c(F)c2c1. The first kappa shape index (κ1) is 16.0. The van der Waals surface area contributed by atoms with Crippen molar-refractivity contribution in [1.29, 1.82) is 0 Å². The molecule has 1 heterocycles. The Morgan fingerprint density at radius 2 is 1.77 bits per heavy atom. The molecular formula is C22H18F2OS. The molecule has 1 fully saturated rings. The van der Waals surface area contributed by atoms with E-state index in [1.807, 2.05) is 30.3 Å². The van der Waals surface area contributed by atoms with E-state index >= 15 is 4.39 Å². The summed E-state index contributed by atoms with van der Waals surface area (Å²) in [6.07, 6.45) is 4.03. The molecule has 132 valence electrons. The predicted octanol–water partition coefficient (Wildman–Crippen LogP) is 6.98. The second kappa shape index (κ2) is 5.92. The summed E-state index contributed by atoms with van der Waals surface area (Å²) in [5, 5.41) is 3.00. The molecular weight excluding hydrogens is 350 g/mol. The van der Waals surface area contributed by atoms with Crippen LogP contribution < -0.4 is 4.74 Å². The van der Waals surface area contributed by atoms with E-state index in [-0.39, 0.29) is 23.5 Å². The first-order valence-corrected chi connectivity index (χ1v) is 9.90. The molecule has 0 unspecified atom stereocenters. The van der Waals surface area contributed by atoms with Gasteiger partial charge < -0.3 is 4.74 Å². The summed E-state index contributed by atoms with van der Waals surface area (Å²) < 4.78 is 36.8. The summed E-state index contributed by atoms with van der Waals surface area (Å²) in [6, 6.07) is 11.4. The Bertz CT molecular complexity index is 1160. The van der Waals surface area contributed by atoms with Crippen molar-refractivity contribution >= 4 is 42.3 Å². The monoisotopic (exact) mass is 368 g/mol. The lowest BCUT2D eigenvalue weighted by Crippen LogP contribution is -1.97. The molecule has 26 heavy (non-hydrogen) atoms. The molecule has 1 aliphatic carbocycles. The maximum absolute atomic E-state index is 15.2. The summed E-state index contributed by atoms with van der Waals surface area (Å²) >= 11 is 1.18. The molecule has 0 atom stereocenters. The molecule has 4 heteroatoms. The summed E-state index contributed by atoms with van der Waals surface area (Å²) in [4.78, 5) is 0. The molecule has 4 aromatic rings. The van der Waals surface area contributed by atoms with Crippen LogP contribution in [-0.2, 0) is 6.42 Å². The van der Waals surface area contributed by atoms with E-state index in [0.29, 0.717) is 14.8 Å². The van der Waals surface area contributed by atoms with E-state index < -0.39 is 0 Å². The Kier molecular flexibility index (Phi) is 3.64. The lowest BCUT2D eigenvalue weighted by atomic mass is 10.0. The molecule has 5 rings (SSSR count). The lowest BCUT2D eigenvalue weighted by Gasteiger charge is -2.06. The largest absolute Gasteiger partial charge is 0.487 e. The third-order valence-electron chi connectivity index (χ3n) is 5.01. The van der Waals surface area contributed by atoms with Crippen molar-refractivity contribution in [3.05, 3.63) is 53.6 Å². The average molecular weight is 368 g/mol. The zero-order valence-corrected chi connectivity index (χ0v) is 15.3. The van der Waals surface area contributed by atoms with Crippen LogP contribution in [0, 0.1) is 11.6 Å². The minimum atomic E-state index is -0.370. The van der Waals surface area contributed by atoms with Gasteiger partial charge in [-0.3, -0.25) is 0 Å². The maximum atomic E-state index is 15.2. The van der Waals surface area contributed by atoms with Crippen LogP contribution in [0.5, 0.6) is 5.75 Å². The van der Waals surface area contributed by atoms with Crippen LogP contribution in [0.1, 0.15) is 31.7 Å². The average Bonchev–Trinajstić information content (AvgIpc) is 3.38. The zero-order valence-electron chi connectivity index (χ0n) is 14.4. The number of aryl methyl sites for hydroxylation is 1. The molecule has 0 saturated heterocycles. The number of hydrogen-bond acceptors (Lipinski definition) is 2. The fourth-order valence-corrected chi connectivity index (χ4v) is 4.69. The summed E-state index contributed by atoms with van der Waals surface area (Å²) in [6.45, 7) is 2.11. The van der Waals surface area contributed by atoms with E-state index in [1.54, 1.807) is 6.07 Å². The maximum Gasteiger partial charge on any atom is 0.182 e. The number of hydrogen-bond donors (Lipinski definition) is 0. The highest BCUT2D eigenvalue weighted by atomic mass is 32.1. The Morgan fingerprint density at radius 1 is 0.962 bits per heavy atom. The zero-order chi connectivity index (χ0) is 17.8. The van der Waals surface area contributed by atoms with Gasteiger partial charge in [-0.05, 0) is 54.5 Å². The molecule has 1 saturated carbocycles. The second-order valence-electron chi connectivity index (χ2n) is 7.05. The van der Waals surface area contributed by atoms with E-state index in [2.05, 4.69) is 6.92 Å². The molecule has 0 bridgehead atoms. The van der Waals surface area contributed by atoms with Crippen LogP contribution in [0.3, 0.4) is 0 Å². The summed E-state index contributed by atoms with van der Waals surface area (Å²) in [5.74, 6) is -0.340. The highest BCUT2D eigenvalue weighted by molar-refractivity contribution is 7.26. The Hall–Kier alpha value is -2.20. The van der Waals surface area contributed by atoms with Gasteiger partial charge in [-0.15, -0.1) is 11.3 Å². The lowest BCUT2D eigenvalue weighted by molar-refractivity contribution is 0.289.